The van der Waals surface area contributed by atoms with Crippen molar-refractivity contribution in [1.29, 1.82) is 0 Å². The molecule has 4 amide bonds. The smallest absolute Gasteiger partial charge is 0.277 e. The molecule has 0 spiro atoms. The zero-order chi connectivity index (χ0) is 14.9. The minimum Gasteiger partial charge on any atom is -0.277 e. The number of hydrogen-bond acceptors (Lipinski definition) is 5. The van der Waals surface area contributed by atoms with Crippen molar-refractivity contribution in [2.24, 2.45) is 11.8 Å². The predicted molar refractivity (Wildman–Crippen MR) is 69.2 cm³/mol. The van der Waals surface area contributed by atoms with E-state index in [1.54, 1.807) is 33.0 Å². The van der Waals surface area contributed by atoms with Gasteiger partial charge in [-0.1, -0.05) is 13.8 Å². The van der Waals surface area contributed by atoms with E-state index in [9.17, 15) is 14.4 Å². The number of barbiturate groups is 1. The van der Waals surface area contributed by atoms with Crippen LogP contribution < -0.4 is 5.32 Å². The standard InChI is InChI=1S/C13H16N4O3/c1-7(2)10-11(18)16-13(20)17(12(10)19)6-9-4-5-14-8(3)15-9/h4-5,7,10H,6H2,1-3H3,(H,16,18,20). The van der Waals surface area contributed by atoms with E-state index in [4.69, 9.17) is 0 Å². The van der Waals surface area contributed by atoms with Crippen molar-refractivity contribution in [3.05, 3.63) is 23.8 Å². The summed E-state index contributed by atoms with van der Waals surface area (Å²) in [6, 6.07) is 0.933. The number of nitrogens with one attached hydrogen (secondary N) is 1. The average Bonchev–Trinajstić information content (AvgIpc) is 2.33. The molecule has 2 heterocycles. The Morgan fingerprint density at radius 2 is 2.05 bits per heavy atom. The quantitative estimate of drug-likeness (QED) is 0.818. The summed E-state index contributed by atoms with van der Waals surface area (Å²) in [4.78, 5) is 44.9. The molecule has 1 unspecified atom stereocenters. The molecule has 106 valence electrons. The van der Waals surface area contributed by atoms with Gasteiger partial charge in [0.2, 0.25) is 11.8 Å². The van der Waals surface area contributed by atoms with Crippen molar-refractivity contribution in [1.82, 2.24) is 20.2 Å². The lowest BCUT2D eigenvalue weighted by Crippen LogP contribution is -2.58. The summed E-state index contributed by atoms with van der Waals surface area (Å²) < 4.78 is 0. The van der Waals surface area contributed by atoms with Gasteiger partial charge in [0, 0.05) is 6.20 Å². The predicted octanol–water partition coefficient (Wildman–Crippen LogP) is 0.636. The van der Waals surface area contributed by atoms with E-state index in [1.807, 2.05) is 0 Å². The molecule has 0 aromatic carbocycles. The van der Waals surface area contributed by atoms with E-state index in [-0.39, 0.29) is 12.5 Å². The van der Waals surface area contributed by atoms with Gasteiger partial charge >= 0.3 is 6.03 Å². The Bertz CT molecular complexity index is 570. The molecule has 1 atom stereocenters. The van der Waals surface area contributed by atoms with Crippen LogP contribution in [0.2, 0.25) is 0 Å². The normalized spacial score (nSPS) is 19.5. The van der Waals surface area contributed by atoms with Crippen LogP contribution in [0, 0.1) is 18.8 Å². The molecular formula is C13H16N4O3. The van der Waals surface area contributed by atoms with Gasteiger partial charge in [-0.3, -0.25) is 19.8 Å². The molecule has 1 N–H and O–H groups in total. The van der Waals surface area contributed by atoms with E-state index in [1.165, 1.54) is 0 Å². The molecule has 1 saturated heterocycles. The zero-order valence-electron chi connectivity index (χ0n) is 11.6. The van der Waals surface area contributed by atoms with Crippen LogP contribution in [0.25, 0.3) is 0 Å². The summed E-state index contributed by atoms with van der Waals surface area (Å²) in [7, 11) is 0. The van der Waals surface area contributed by atoms with Crippen molar-refractivity contribution in [3.63, 3.8) is 0 Å². The lowest BCUT2D eigenvalue weighted by atomic mass is 9.92. The third kappa shape index (κ3) is 2.66. The molecule has 1 aliphatic heterocycles. The highest BCUT2D eigenvalue weighted by Gasteiger charge is 2.42. The Morgan fingerprint density at radius 1 is 1.35 bits per heavy atom. The summed E-state index contributed by atoms with van der Waals surface area (Å²) in [6.07, 6.45) is 1.56. The van der Waals surface area contributed by atoms with Crippen LogP contribution >= 0.6 is 0 Å². The maximum atomic E-state index is 12.3. The molecule has 1 aromatic heterocycles. The number of nitrogens with zero attached hydrogens (tertiary/aromatic N) is 3. The van der Waals surface area contributed by atoms with Crippen LogP contribution in [-0.4, -0.2) is 32.7 Å². The third-order valence-electron chi connectivity index (χ3n) is 3.11. The lowest BCUT2D eigenvalue weighted by molar-refractivity contribution is -0.144. The van der Waals surface area contributed by atoms with Crippen molar-refractivity contribution in [2.45, 2.75) is 27.3 Å². The Balaban J connectivity index is 2.24. The van der Waals surface area contributed by atoms with E-state index < -0.39 is 23.8 Å². The first-order valence-corrected chi connectivity index (χ1v) is 6.35. The molecule has 7 nitrogen and oxygen atoms in total. The molecule has 0 saturated carbocycles. The molecular weight excluding hydrogens is 260 g/mol. The Hall–Kier alpha value is -2.31. The van der Waals surface area contributed by atoms with Gasteiger partial charge in [0.25, 0.3) is 0 Å². The summed E-state index contributed by atoms with van der Waals surface area (Å²) in [5, 5.41) is 2.21. The van der Waals surface area contributed by atoms with Crippen LogP contribution in [0.15, 0.2) is 12.3 Å². The van der Waals surface area contributed by atoms with Gasteiger partial charge in [0.1, 0.15) is 11.7 Å². The highest BCUT2D eigenvalue weighted by molar-refractivity contribution is 6.16. The second kappa shape index (κ2) is 5.36. The molecule has 20 heavy (non-hydrogen) atoms. The van der Waals surface area contributed by atoms with Crippen molar-refractivity contribution in [2.75, 3.05) is 0 Å². The average molecular weight is 276 g/mol. The minimum absolute atomic E-state index is 0.0323. The van der Waals surface area contributed by atoms with Gasteiger partial charge in [-0.2, -0.15) is 0 Å². The number of urea groups is 1. The number of aromatic nitrogens is 2. The van der Waals surface area contributed by atoms with Crippen molar-refractivity contribution >= 4 is 17.8 Å². The van der Waals surface area contributed by atoms with Gasteiger partial charge < -0.3 is 0 Å². The molecule has 0 radical (unpaired) electrons. The topological polar surface area (TPSA) is 92.3 Å². The number of aryl methyl sites for hydroxylation is 1. The van der Waals surface area contributed by atoms with Crippen LogP contribution in [0.3, 0.4) is 0 Å². The van der Waals surface area contributed by atoms with Gasteiger partial charge in [-0.05, 0) is 18.9 Å². The van der Waals surface area contributed by atoms with Crippen LogP contribution in [-0.2, 0) is 16.1 Å². The van der Waals surface area contributed by atoms with Gasteiger partial charge in [-0.15, -0.1) is 0 Å². The summed E-state index contributed by atoms with van der Waals surface area (Å²) in [5.41, 5.74) is 0.554. The molecule has 7 heteroatoms. The minimum atomic E-state index is -0.837. The second-order valence-corrected chi connectivity index (χ2v) is 5.04. The molecule has 2 rings (SSSR count). The fourth-order valence-electron chi connectivity index (χ4n) is 2.12. The molecule has 1 aromatic rings. The first-order valence-electron chi connectivity index (χ1n) is 6.35. The Kier molecular flexibility index (Phi) is 3.78. The number of hydrogen-bond donors (Lipinski definition) is 1. The highest BCUT2D eigenvalue weighted by Crippen LogP contribution is 2.20. The van der Waals surface area contributed by atoms with Crippen molar-refractivity contribution < 1.29 is 14.4 Å². The molecule has 1 fully saturated rings. The summed E-state index contributed by atoms with van der Waals surface area (Å²) in [5.74, 6) is -1.47. The highest BCUT2D eigenvalue weighted by atomic mass is 16.2. The molecule has 0 bridgehead atoms. The van der Waals surface area contributed by atoms with Crippen molar-refractivity contribution in [3.8, 4) is 0 Å². The maximum absolute atomic E-state index is 12.3. The van der Waals surface area contributed by atoms with Crippen LogP contribution in [0.5, 0.6) is 0 Å². The Morgan fingerprint density at radius 3 is 2.65 bits per heavy atom. The fourth-order valence-corrected chi connectivity index (χ4v) is 2.12. The zero-order valence-corrected chi connectivity index (χ0v) is 11.6. The monoisotopic (exact) mass is 276 g/mol. The molecule has 1 aliphatic rings. The van der Waals surface area contributed by atoms with E-state index >= 15 is 0 Å². The first-order chi connectivity index (χ1) is 9.40. The SMILES string of the molecule is Cc1nccc(CN2C(=O)NC(=O)C(C(C)C)C2=O)n1. The lowest BCUT2D eigenvalue weighted by Gasteiger charge is -2.31. The maximum Gasteiger partial charge on any atom is 0.331 e. The van der Waals surface area contributed by atoms with Gasteiger partial charge in [0.15, 0.2) is 0 Å². The van der Waals surface area contributed by atoms with Gasteiger partial charge in [0.05, 0.1) is 12.2 Å². The second-order valence-electron chi connectivity index (χ2n) is 5.04. The molecule has 0 aliphatic carbocycles. The van der Waals surface area contributed by atoms with Crippen LogP contribution in [0.1, 0.15) is 25.4 Å². The van der Waals surface area contributed by atoms with E-state index in [2.05, 4.69) is 15.3 Å². The van der Waals surface area contributed by atoms with Crippen LogP contribution in [0.4, 0.5) is 4.79 Å². The summed E-state index contributed by atoms with van der Waals surface area (Å²) >= 11 is 0. The number of carbonyl (C=O) groups excluding carboxylic acids is 3. The van der Waals surface area contributed by atoms with E-state index in [0.29, 0.717) is 11.5 Å². The van der Waals surface area contributed by atoms with Gasteiger partial charge in [-0.25, -0.2) is 14.8 Å². The third-order valence-corrected chi connectivity index (χ3v) is 3.11. The largest absolute Gasteiger partial charge is 0.331 e. The number of rotatable bonds is 3. The number of carbonyl (C=O) groups is 3. The van der Waals surface area contributed by atoms with E-state index in [0.717, 1.165) is 4.90 Å². The first kappa shape index (κ1) is 14.1. The Labute approximate surface area is 116 Å². The number of amides is 4. The fraction of sp³-hybridized carbons (Fsp3) is 0.462. The number of imide groups is 2. The summed E-state index contributed by atoms with van der Waals surface area (Å²) in [6.45, 7) is 5.29.